The fourth-order valence-corrected chi connectivity index (χ4v) is 3.93. The second-order valence-corrected chi connectivity index (χ2v) is 6.18. The van der Waals surface area contributed by atoms with E-state index in [1.54, 1.807) is 0 Å². The van der Waals surface area contributed by atoms with Crippen LogP contribution in [0.1, 0.15) is 24.4 Å². The Bertz CT molecular complexity index is 368. The van der Waals surface area contributed by atoms with E-state index in [9.17, 15) is 0 Å². The molecule has 0 aromatic carbocycles. The molecular formula is C12H19N3S. The molecule has 3 rings (SSSR count). The largest absolute Gasteiger partial charge is 0.335 e. The zero-order chi connectivity index (χ0) is 11.0. The van der Waals surface area contributed by atoms with Gasteiger partial charge in [-0.15, -0.1) is 0 Å². The summed E-state index contributed by atoms with van der Waals surface area (Å²) in [5.74, 6) is 4.72. The van der Waals surface area contributed by atoms with Crippen LogP contribution in [0.25, 0.3) is 0 Å². The highest BCUT2D eigenvalue weighted by Crippen LogP contribution is 2.26. The molecule has 0 aliphatic carbocycles. The number of aromatic nitrogens is 2. The third-order valence-electron chi connectivity index (χ3n) is 3.62. The van der Waals surface area contributed by atoms with Gasteiger partial charge in [0.15, 0.2) is 0 Å². The van der Waals surface area contributed by atoms with E-state index in [1.165, 1.54) is 35.9 Å². The highest BCUT2D eigenvalue weighted by molar-refractivity contribution is 7.99. The maximum Gasteiger partial charge on any atom is 0.110 e. The van der Waals surface area contributed by atoms with Crippen molar-refractivity contribution < 1.29 is 0 Å². The minimum atomic E-state index is 0.324. The number of hydrogen-bond acceptors (Lipinski definition) is 3. The number of nitrogens with zero attached hydrogens (tertiary/aromatic N) is 2. The van der Waals surface area contributed by atoms with Gasteiger partial charge in [-0.2, -0.15) is 11.8 Å². The topological polar surface area (TPSA) is 43.8 Å². The fourth-order valence-electron chi connectivity index (χ4n) is 2.65. The first-order valence-corrected chi connectivity index (χ1v) is 7.35. The van der Waals surface area contributed by atoms with E-state index in [-0.39, 0.29) is 0 Å². The average Bonchev–Trinajstić information content (AvgIpc) is 2.86. The highest BCUT2D eigenvalue weighted by atomic mass is 32.2. The average molecular weight is 237 g/mol. The van der Waals surface area contributed by atoms with E-state index in [0.29, 0.717) is 6.04 Å². The van der Waals surface area contributed by atoms with E-state index in [0.717, 1.165) is 25.3 Å². The Kier molecular flexibility index (Phi) is 2.94. The molecule has 2 aliphatic heterocycles. The number of aryl methyl sites for hydroxylation is 1. The molecule has 2 N–H and O–H groups in total. The van der Waals surface area contributed by atoms with Crippen molar-refractivity contribution in [2.45, 2.75) is 38.3 Å². The molecule has 4 heteroatoms. The molecule has 1 saturated heterocycles. The summed E-state index contributed by atoms with van der Waals surface area (Å²) in [6.45, 7) is 1.06. The maximum absolute atomic E-state index is 5.97. The molecule has 88 valence electrons. The summed E-state index contributed by atoms with van der Waals surface area (Å²) in [5.41, 5.74) is 7.25. The fraction of sp³-hybridized carbons (Fsp3) is 0.750. The van der Waals surface area contributed by atoms with Crippen LogP contribution in [0.15, 0.2) is 6.20 Å². The van der Waals surface area contributed by atoms with Crippen molar-refractivity contribution in [3.8, 4) is 0 Å². The van der Waals surface area contributed by atoms with Gasteiger partial charge < -0.3 is 10.3 Å². The summed E-state index contributed by atoms with van der Waals surface area (Å²) >= 11 is 2.08. The third-order valence-corrected chi connectivity index (χ3v) is 4.85. The first-order valence-electron chi connectivity index (χ1n) is 6.19. The lowest BCUT2D eigenvalue weighted by molar-refractivity contribution is 0.463. The number of rotatable bonds is 2. The van der Waals surface area contributed by atoms with Crippen molar-refractivity contribution in [2.24, 2.45) is 11.7 Å². The summed E-state index contributed by atoms with van der Waals surface area (Å²) in [7, 11) is 0. The Morgan fingerprint density at radius 3 is 3.25 bits per heavy atom. The van der Waals surface area contributed by atoms with E-state index >= 15 is 0 Å². The van der Waals surface area contributed by atoms with E-state index in [4.69, 9.17) is 10.7 Å². The van der Waals surface area contributed by atoms with Gasteiger partial charge in [-0.3, -0.25) is 0 Å². The van der Waals surface area contributed by atoms with Crippen molar-refractivity contribution in [3.63, 3.8) is 0 Å². The minimum absolute atomic E-state index is 0.324. The Balaban J connectivity index is 1.71. The zero-order valence-corrected chi connectivity index (χ0v) is 10.4. The summed E-state index contributed by atoms with van der Waals surface area (Å²) in [5, 5.41) is 0. The number of fused-ring (bicyclic) bond motifs is 1. The van der Waals surface area contributed by atoms with Gasteiger partial charge in [0, 0.05) is 25.2 Å². The molecule has 3 nitrogen and oxygen atoms in total. The summed E-state index contributed by atoms with van der Waals surface area (Å²) in [4.78, 5) is 4.74. The van der Waals surface area contributed by atoms with E-state index < -0.39 is 0 Å². The van der Waals surface area contributed by atoms with Crippen LogP contribution in [-0.4, -0.2) is 27.1 Å². The smallest absolute Gasteiger partial charge is 0.110 e. The van der Waals surface area contributed by atoms with Crippen molar-refractivity contribution in [3.05, 3.63) is 17.7 Å². The van der Waals surface area contributed by atoms with Crippen molar-refractivity contribution in [2.75, 3.05) is 11.5 Å². The van der Waals surface area contributed by atoms with Crippen molar-refractivity contribution >= 4 is 11.8 Å². The second kappa shape index (κ2) is 4.41. The van der Waals surface area contributed by atoms with Gasteiger partial charge in [0.1, 0.15) is 5.82 Å². The molecule has 0 spiro atoms. The Morgan fingerprint density at radius 2 is 2.44 bits per heavy atom. The van der Waals surface area contributed by atoms with Gasteiger partial charge in [0.2, 0.25) is 0 Å². The molecule has 2 aliphatic rings. The molecule has 2 unspecified atom stereocenters. The van der Waals surface area contributed by atoms with Gasteiger partial charge in [-0.25, -0.2) is 4.98 Å². The zero-order valence-electron chi connectivity index (χ0n) is 9.56. The monoisotopic (exact) mass is 237 g/mol. The van der Waals surface area contributed by atoms with E-state index in [1.807, 2.05) is 0 Å². The molecule has 0 amide bonds. The molecule has 2 atom stereocenters. The molecule has 16 heavy (non-hydrogen) atoms. The first-order chi connectivity index (χ1) is 7.81. The standard InChI is InChI=1S/C12H19N3S/c13-10-1-3-15-7-11(14-12(15)6-10)5-9-2-4-16-8-9/h7,9-10H,1-6,8,13H2. The molecule has 1 aromatic rings. The van der Waals surface area contributed by atoms with Crippen LogP contribution in [0.2, 0.25) is 0 Å². The Hall–Kier alpha value is -0.480. The Morgan fingerprint density at radius 1 is 1.50 bits per heavy atom. The number of imidazole rings is 1. The quantitative estimate of drug-likeness (QED) is 0.847. The number of hydrogen-bond donors (Lipinski definition) is 1. The van der Waals surface area contributed by atoms with Crippen LogP contribution in [0.3, 0.4) is 0 Å². The van der Waals surface area contributed by atoms with E-state index in [2.05, 4.69) is 22.5 Å². The van der Waals surface area contributed by atoms with Crippen LogP contribution in [-0.2, 0) is 19.4 Å². The molecule has 3 heterocycles. The lowest BCUT2D eigenvalue weighted by Gasteiger charge is -2.18. The van der Waals surface area contributed by atoms with Crippen LogP contribution < -0.4 is 5.73 Å². The van der Waals surface area contributed by atoms with Gasteiger partial charge in [0.05, 0.1) is 5.69 Å². The molecule has 0 bridgehead atoms. The van der Waals surface area contributed by atoms with Gasteiger partial charge >= 0.3 is 0 Å². The van der Waals surface area contributed by atoms with Crippen molar-refractivity contribution in [1.82, 2.24) is 9.55 Å². The lowest BCUT2D eigenvalue weighted by atomic mass is 10.0. The molecular weight excluding hydrogens is 218 g/mol. The Labute approximate surface area is 101 Å². The highest BCUT2D eigenvalue weighted by Gasteiger charge is 2.21. The SMILES string of the molecule is NC1CCn2cc(CC3CCSC3)nc2C1. The molecule has 0 saturated carbocycles. The lowest BCUT2D eigenvalue weighted by Crippen LogP contribution is -2.30. The molecule has 1 aromatic heterocycles. The molecule has 1 fully saturated rings. The van der Waals surface area contributed by atoms with Gasteiger partial charge in [-0.1, -0.05) is 0 Å². The summed E-state index contributed by atoms with van der Waals surface area (Å²) in [6, 6.07) is 0.324. The van der Waals surface area contributed by atoms with Gasteiger partial charge in [0.25, 0.3) is 0 Å². The number of nitrogens with two attached hydrogens (primary N) is 1. The van der Waals surface area contributed by atoms with Crippen LogP contribution in [0.5, 0.6) is 0 Å². The van der Waals surface area contributed by atoms with Gasteiger partial charge in [-0.05, 0) is 36.7 Å². The summed E-state index contributed by atoms with van der Waals surface area (Å²) in [6.07, 6.45) is 6.85. The maximum atomic E-state index is 5.97. The number of thioether (sulfide) groups is 1. The van der Waals surface area contributed by atoms with Crippen molar-refractivity contribution in [1.29, 1.82) is 0 Å². The second-order valence-electron chi connectivity index (χ2n) is 5.03. The third kappa shape index (κ3) is 2.13. The summed E-state index contributed by atoms with van der Waals surface area (Å²) < 4.78 is 2.31. The predicted octanol–water partition coefficient (Wildman–Crippen LogP) is 1.45. The first kappa shape index (κ1) is 10.7. The molecule has 0 radical (unpaired) electrons. The normalized spacial score (nSPS) is 29.3. The van der Waals surface area contributed by atoms with Crippen LogP contribution in [0.4, 0.5) is 0 Å². The van der Waals surface area contributed by atoms with Crippen LogP contribution >= 0.6 is 11.8 Å². The van der Waals surface area contributed by atoms with Crippen LogP contribution in [0, 0.1) is 5.92 Å². The minimum Gasteiger partial charge on any atom is -0.335 e. The predicted molar refractivity (Wildman–Crippen MR) is 67.7 cm³/mol.